The van der Waals surface area contributed by atoms with E-state index in [1.54, 1.807) is 0 Å². The molecule has 0 amide bonds. The summed E-state index contributed by atoms with van der Waals surface area (Å²) < 4.78 is 0.833. The van der Waals surface area contributed by atoms with Crippen molar-refractivity contribution in [1.82, 2.24) is 0 Å². The number of aliphatic hydroxyl groups excluding tert-OH is 1. The predicted octanol–water partition coefficient (Wildman–Crippen LogP) is 6.81. The highest BCUT2D eigenvalue weighted by Crippen LogP contribution is 2.20. The third-order valence-corrected chi connectivity index (χ3v) is 5.37. The average molecular weight is 385 g/mol. The van der Waals surface area contributed by atoms with E-state index in [0.717, 1.165) is 49.8 Å². The zero-order valence-corrected chi connectivity index (χ0v) is 18.3. The summed E-state index contributed by atoms with van der Waals surface area (Å²) in [7, 11) is 0. The Hall–Kier alpha value is -1.03. The Kier molecular flexibility index (Phi) is 16.4. The minimum Gasteiger partial charge on any atom is -0.507 e. The Morgan fingerprint density at radius 1 is 0.667 bits per heavy atom. The van der Waals surface area contributed by atoms with E-state index in [1.165, 1.54) is 57.8 Å². The average Bonchev–Trinajstić information content (AvgIpc) is 2.63. The largest absolute Gasteiger partial charge is 0.507 e. The first-order valence-electron chi connectivity index (χ1n) is 11.5. The summed E-state index contributed by atoms with van der Waals surface area (Å²) in [5.41, 5.74) is 0. The van der Waals surface area contributed by atoms with Gasteiger partial charge in [-0.05, 0) is 44.9 Å². The summed E-state index contributed by atoms with van der Waals surface area (Å²) >= 11 is 0. The molecule has 0 unspecified atom stereocenters. The molecule has 2 N–H and O–H groups in total. The maximum Gasteiger partial charge on any atom is 0.303 e. The predicted molar refractivity (Wildman–Crippen MR) is 115 cm³/mol. The van der Waals surface area contributed by atoms with E-state index in [4.69, 9.17) is 5.11 Å². The van der Waals surface area contributed by atoms with Crippen LogP contribution in [0.25, 0.3) is 0 Å². The van der Waals surface area contributed by atoms with Crippen LogP contribution in [0.1, 0.15) is 111 Å². The second kappa shape index (κ2) is 17.1. The molecule has 0 saturated carbocycles. The number of allylic oxidation sites excluding steroid dienone is 1. The minimum atomic E-state index is -0.709. The SMILES string of the molecule is CCCCCC/C(O)=C/[N+](CCCCC)(CCCCC)CCCCC(=O)O. The van der Waals surface area contributed by atoms with Gasteiger partial charge in [-0.1, -0.05) is 52.9 Å². The van der Waals surface area contributed by atoms with Gasteiger partial charge in [0.25, 0.3) is 0 Å². The van der Waals surface area contributed by atoms with Crippen molar-refractivity contribution in [1.29, 1.82) is 0 Å². The van der Waals surface area contributed by atoms with Gasteiger partial charge in [-0.3, -0.25) is 9.28 Å². The van der Waals surface area contributed by atoms with Gasteiger partial charge in [0.05, 0.1) is 19.6 Å². The molecular formula is C23H46NO3+. The number of quaternary nitrogens is 1. The molecule has 0 rings (SSSR count). The Labute approximate surface area is 168 Å². The van der Waals surface area contributed by atoms with Gasteiger partial charge in [0.2, 0.25) is 0 Å². The first-order valence-corrected chi connectivity index (χ1v) is 11.5. The van der Waals surface area contributed by atoms with Gasteiger partial charge in [0.15, 0.2) is 0 Å². The molecule has 4 nitrogen and oxygen atoms in total. The van der Waals surface area contributed by atoms with Crippen LogP contribution in [-0.4, -0.2) is 40.3 Å². The summed E-state index contributed by atoms with van der Waals surface area (Å²) in [5, 5.41) is 19.5. The van der Waals surface area contributed by atoms with Crippen molar-refractivity contribution in [2.24, 2.45) is 0 Å². The van der Waals surface area contributed by atoms with Crippen LogP contribution in [0.3, 0.4) is 0 Å². The lowest BCUT2D eigenvalue weighted by Gasteiger charge is -2.36. The van der Waals surface area contributed by atoms with Gasteiger partial charge >= 0.3 is 5.97 Å². The molecule has 4 heteroatoms. The first kappa shape index (κ1) is 26.0. The van der Waals surface area contributed by atoms with Crippen molar-refractivity contribution in [3.63, 3.8) is 0 Å². The third-order valence-electron chi connectivity index (χ3n) is 5.37. The second-order valence-corrected chi connectivity index (χ2v) is 8.09. The van der Waals surface area contributed by atoms with Crippen LogP contribution < -0.4 is 0 Å². The fourth-order valence-electron chi connectivity index (χ4n) is 3.70. The van der Waals surface area contributed by atoms with Crippen LogP contribution in [-0.2, 0) is 4.79 Å². The summed E-state index contributed by atoms with van der Waals surface area (Å²) in [5.74, 6) is -0.170. The van der Waals surface area contributed by atoms with Crippen molar-refractivity contribution < 1.29 is 19.5 Å². The van der Waals surface area contributed by atoms with Gasteiger partial charge in [0.1, 0.15) is 12.0 Å². The number of carbonyl (C=O) groups is 1. The number of aliphatic hydroxyl groups is 1. The van der Waals surface area contributed by atoms with E-state index >= 15 is 0 Å². The lowest BCUT2D eigenvalue weighted by atomic mass is 10.1. The van der Waals surface area contributed by atoms with Crippen LogP contribution in [0.5, 0.6) is 0 Å². The van der Waals surface area contributed by atoms with E-state index in [1.807, 2.05) is 0 Å². The number of nitrogens with zero attached hydrogens (tertiary/aromatic N) is 1. The van der Waals surface area contributed by atoms with Crippen LogP contribution in [0.15, 0.2) is 12.0 Å². The molecule has 0 aliphatic heterocycles. The topological polar surface area (TPSA) is 57.5 Å². The Morgan fingerprint density at radius 3 is 1.59 bits per heavy atom. The molecule has 0 radical (unpaired) electrons. The van der Waals surface area contributed by atoms with Crippen molar-refractivity contribution in [3.05, 3.63) is 12.0 Å². The Bertz CT molecular complexity index is 383. The molecule has 0 aromatic carbocycles. The highest BCUT2D eigenvalue weighted by molar-refractivity contribution is 5.66. The summed E-state index contributed by atoms with van der Waals surface area (Å²) in [6, 6.07) is 0. The minimum absolute atomic E-state index is 0.247. The van der Waals surface area contributed by atoms with E-state index in [2.05, 4.69) is 27.0 Å². The van der Waals surface area contributed by atoms with Crippen LogP contribution in [0.4, 0.5) is 0 Å². The summed E-state index contributed by atoms with van der Waals surface area (Å²) in [4.78, 5) is 10.8. The normalized spacial score (nSPS) is 12.5. The fourth-order valence-corrected chi connectivity index (χ4v) is 3.70. The van der Waals surface area contributed by atoms with Crippen molar-refractivity contribution in [2.75, 3.05) is 19.6 Å². The standard InChI is InChI=1S/C23H45NO3/c1-4-7-10-11-16-22(25)21-24(18-13-8-5-2,19-14-9-6-3)20-15-12-17-23(26)27/h21H,4-20H2,1-3H3,(H-,25,26,27)/p+1/b22-21-. The molecule has 160 valence electrons. The van der Waals surface area contributed by atoms with Crippen molar-refractivity contribution >= 4 is 5.97 Å². The van der Waals surface area contributed by atoms with Gasteiger partial charge < -0.3 is 10.2 Å². The van der Waals surface area contributed by atoms with Crippen LogP contribution >= 0.6 is 0 Å². The number of rotatable bonds is 19. The van der Waals surface area contributed by atoms with E-state index in [-0.39, 0.29) is 6.42 Å². The molecule has 0 aliphatic carbocycles. The zero-order valence-electron chi connectivity index (χ0n) is 18.3. The van der Waals surface area contributed by atoms with Crippen LogP contribution in [0.2, 0.25) is 0 Å². The molecule has 27 heavy (non-hydrogen) atoms. The number of unbranched alkanes of at least 4 members (excludes halogenated alkanes) is 8. The maximum absolute atomic E-state index is 10.8. The monoisotopic (exact) mass is 384 g/mol. The Morgan fingerprint density at radius 2 is 1.11 bits per heavy atom. The van der Waals surface area contributed by atoms with Crippen molar-refractivity contribution in [2.45, 2.75) is 111 Å². The first-order chi connectivity index (χ1) is 13.0. The van der Waals surface area contributed by atoms with Gasteiger partial charge in [-0.15, -0.1) is 0 Å². The van der Waals surface area contributed by atoms with E-state index in [9.17, 15) is 9.90 Å². The van der Waals surface area contributed by atoms with Crippen LogP contribution in [0, 0.1) is 0 Å². The molecule has 0 heterocycles. The molecule has 0 saturated heterocycles. The lowest BCUT2D eigenvalue weighted by molar-refractivity contribution is -0.881. The molecule has 0 atom stereocenters. The number of aliphatic carboxylic acids is 1. The molecule has 0 aliphatic rings. The summed E-state index contributed by atoms with van der Waals surface area (Å²) in [6.45, 7) is 9.71. The maximum atomic E-state index is 10.8. The number of hydrogen-bond acceptors (Lipinski definition) is 2. The molecule has 0 aromatic heterocycles. The second-order valence-electron chi connectivity index (χ2n) is 8.09. The molecular weight excluding hydrogens is 338 g/mol. The lowest BCUT2D eigenvalue weighted by Crippen LogP contribution is -2.45. The quantitative estimate of drug-likeness (QED) is 0.146. The highest BCUT2D eigenvalue weighted by Gasteiger charge is 2.25. The van der Waals surface area contributed by atoms with Gasteiger partial charge in [0, 0.05) is 12.8 Å². The van der Waals surface area contributed by atoms with Crippen molar-refractivity contribution in [3.8, 4) is 0 Å². The molecule has 0 fully saturated rings. The third kappa shape index (κ3) is 14.7. The smallest absolute Gasteiger partial charge is 0.303 e. The van der Waals surface area contributed by atoms with E-state index < -0.39 is 5.97 Å². The number of carboxylic acids is 1. The fraction of sp³-hybridized carbons (Fsp3) is 0.870. The van der Waals surface area contributed by atoms with Gasteiger partial charge in [-0.2, -0.15) is 0 Å². The molecule has 0 bridgehead atoms. The van der Waals surface area contributed by atoms with Gasteiger partial charge in [-0.25, -0.2) is 0 Å². The molecule has 0 aromatic rings. The molecule has 0 spiro atoms. The number of carboxylic acid groups (broad SMARTS) is 1. The zero-order chi connectivity index (χ0) is 20.4. The van der Waals surface area contributed by atoms with E-state index in [0.29, 0.717) is 5.76 Å². The number of hydrogen-bond donors (Lipinski definition) is 2. The summed E-state index contributed by atoms with van der Waals surface area (Å²) in [6.07, 6.45) is 16.6. The highest BCUT2D eigenvalue weighted by atomic mass is 16.4. The Balaban J connectivity index is 5.03.